The molecule has 5 heteroatoms. The molecule has 4 nitrogen and oxygen atoms in total. The molecule has 1 unspecified atom stereocenters. The highest BCUT2D eigenvalue weighted by Gasteiger charge is 2.13. The molecule has 1 heterocycles. The first-order chi connectivity index (χ1) is 9.97. The third kappa shape index (κ3) is 5.87. The normalized spacial score (nSPS) is 12.1. The molecule has 1 aromatic rings. The van der Waals surface area contributed by atoms with Gasteiger partial charge in [-0.1, -0.05) is 20.3 Å². The van der Waals surface area contributed by atoms with Crippen LogP contribution in [0, 0.1) is 12.8 Å². The Balaban J connectivity index is 2.39. The second-order valence-electron chi connectivity index (χ2n) is 5.32. The summed E-state index contributed by atoms with van der Waals surface area (Å²) in [4.78, 5) is 24.7. The number of carbonyl (C=O) groups is 2. The van der Waals surface area contributed by atoms with Crippen molar-refractivity contribution in [3.8, 4) is 0 Å². The molecule has 0 fully saturated rings. The fraction of sp³-hybridized carbons (Fsp3) is 0.625. The van der Waals surface area contributed by atoms with Crippen LogP contribution in [0.2, 0.25) is 0 Å². The van der Waals surface area contributed by atoms with Crippen molar-refractivity contribution in [2.45, 2.75) is 52.9 Å². The maximum atomic E-state index is 12.1. The van der Waals surface area contributed by atoms with E-state index in [1.165, 1.54) is 10.4 Å². The first-order valence-electron chi connectivity index (χ1n) is 7.57. The minimum atomic E-state index is -0.751. The van der Waals surface area contributed by atoms with E-state index in [1.807, 2.05) is 13.0 Å². The van der Waals surface area contributed by atoms with Crippen molar-refractivity contribution in [1.82, 2.24) is 5.32 Å². The molecule has 1 amide bonds. The first kappa shape index (κ1) is 17.7. The molecule has 0 aliphatic heterocycles. The number of nitrogens with one attached hydrogen (secondary N) is 1. The minimum Gasteiger partial charge on any atom is -0.481 e. The maximum Gasteiger partial charge on any atom is 0.303 e. The summed E-state index contributed by atoms with van der Waals surface area (Å²) in [6.45, 7) is 6.79. The van der Waals surface area contributed by atoms with Gasteiger partial charge < -0.3 is 10.4 Å². The number of rotatable bonds is 9. The number of carboxylic acids is 1. The fourth-order valence-electron chi connectivity index (χ4n) is 2.34. The zero-order valence-corrected chi connectivity index (χ0v) is 13.9. The molecule has 0 bridgehead atoms. The molecule has 0 aliphatic carbocycles. The molecule has 21 heavy (non-hydrogen) atoms. The third-order valence-corrected chi connectivity index (χ3v) is 5.13. The van der Waals surface area contributed by atoms with E-state index >= 15 is 0 Å². The summed E-state index contributed by atoms with van der Waals surface area (Å²) in [6, 6.07) is 1.95. The van der Waals surface area contributed by atoms with Crippen molar-refractivity contribution < 1.29 is 14.7 Å². The number of carboxylic acid groups (broad SMARTS) is 1. The highest BCUT2D eigenvalue weighted by Crippen LogP contribution is 2.22. The summed E-state index contributed by atoms with van der Waals surface area (Å²) in [5, 5.41) is 11.6. The molecule has 0 radical (unpaired) electrons. The van der Waals surface area contributed by atoms with Crippen molar-refractivity contribution >= 4 is 23.2 Å². The number of amides is 1. The molecule has 2 N–H and O–H groups in total. The standard InChI is InChI=1S/C16H25NO3S/c1-4-12(6-7-15(18)19)8-9-17-16(20)14-10-11(3)13(5-2)21-14/h10,12H,4-9H2,1-3H3,(H,17,20)(H,18,19). The van der Waals surface area contributed by atoms with E-state index < -0.39 is 5.97 Å². The predicted molar refractivity (Wildman–Crippen MR) is 86.0 cm³/mol. The van der Waals surface area contributed by atoms with Crippen LogP contribution >= 0.6 is 11.3 Å². The summed E-state index contributed by atoms with van der Waals surface area (Å²) >= 11 is 1.56. The van der Waals surface area contributed by atoms with Gasteiger partial charge in [0.05, 0.1) is 4.88 Å². The Bertz CT molecular complexity index is 482. The van der Waals surface area contributed by atoms with Crippen LogP contribution in [-0.2, 0) is 11.2 Å². The molecule has 0 saturated carbocycles. The number of aliphatic carboxylic acids is 1. The van der Waals surface area contributed by atoms with Crippen LogP contribution in [0.3, 0.4) is 0 Å². The maximum absolute atomic E-state index is 12.1. The van der Waals surface area contributed by atoms with Gasteiger partial charge in [0.25, 0.3) is 5.91 Å². The molecule has 0 spiro atoms. The van der Waals surface area contributed by atoms with Crippen molar-refractivity contribution in [3.63, 3.8) is 0 Å². The molecule has 1 aromatic heterocycles. The Hall–Kier alpha value is -1.36. The van der Waals surface area contributed by atoms with E-state index in [9.17, 15) is 9.59 Å². The third-order valence-electron chi connectivity index (χ3n) is 3.75. The van der Waals surface area contributed by atoms with E-state index in [0.29, 0.717) is 18.9 Å². The zero-order valence-electron chi connectivity index (χ0n) is 13.1. The fourth-order valence-corrected chi connectivity index (χ4v) is 3.37. The molecular formula is C16H25NO3S. The van der Waals surface area contributed by atoms with Gasteiger partial charge in [-0.15, -0.1) is 11.3 Å². The van der Waals surface area contributed by atoms with Crippen LogP contribution in [0.5, 0.6) is 0 Å². The van der Waals surface area contributed by atoms with Crippen LogP contribution in [0.1, 0.15) is 59.6 Å². The van der Waals surface area contributed by atoms with Gasteiger partial charge in [-0.2, -0.15) is 0 Å². The van der Waals surface area contributed by atoms with Gasteiger partial charge in [-0.3, -0.25) is 9.59 Å². The lowest BCUT2D eigenvalue weighted by Gasteiger charge is -2.13. The second-order valence-corrected chi connectivity index (χ2v) is 6.46. The van der Waals surface area contributed by atoms with Crippen molar-refractivity contribution in [2.75, 3.05) is 6.54 Å². The van der Waals surface area contributed by atoms with Crippen molar-refractivity contribution in [1.29, 1.82) is 0 Å². The second kappa shape index (κ2) is 8.82. The van der Waals surface area contributed by atoms with Gasteiger partial charge in [0.2, 0.25) is 0 Å². The van der Waals surface area contributed by atoms with Gasteiger partial charge in [0.1, 0.15) is 0 Å². The summed E-state index contributed by atoms with van der Waals surface area (Å²) in [5.41, 5.74) is 1.18. The largest absolute Gasteiger partial charge is 0.481 e. The highest BCUT2D eigenvalue weighted by atomic mass is 32.1. The number of hydrogen-bond acceptors (Lipinski definition) is 3. The summed E-state index contributed by atoms with van der Waals surface area (Å²) in [5.74, 6) is -0.410. The molecular weight excluding hydrogens is 286 g/mol. The molecule has 0 saturated heterocycles. The van der Waals surface area contributed by atoms with Crippen molar-refractivity contribution in [3.05, 3.63) is 21.4 Å². The summed E-state index contributed by atoms with van der Waals surface area (Å²) in [6.07, 6.45) is 3.62. The SMILES string of the molecule is CCc1sc(C(=O)NCCC(CC)CCC(=O)O)cc1C. The van der Waals surface area contributed by atoms with Gasteiger partial charge in [0.15, 0.2) is 0 Å². The van der Waals surface area contributed by atoms with E-state index in [1.54, 1.807) is 11.3 Å². The monoisotopic (exact) mass is 311 g/mol. The number of thiophene rings is 1. The zero-order chi connectivity index (χ0) is 15.8. The molecule has 0 aliphatic rings. The average Bonchev–Trinajstić information content (AvgIpc) is 2.83. The number of hydrogen-bond donors (Lipinski definition) is 2. The number of carbonyl (C=O) groups excluding carboxylic acids is 1. The van der Waals surface area contributed by atoms with E-state index in [0.717, 1.165) is 24.1 Å². The highest BCUT2D eigenvalue weighted by molar-refractivity contribution is 7.14. The lowest BCUT2D eigenvalue weighted by atomic mass is 9.97. The van der Waals surface area contributed by atoms with Gasteiger partial charge >= 0.3 is 5.97 Å². The first-order valence-corrected chi connectivity index (χ1v) is 8.38. The Labute approximate surface area is 130 Å². The van der Waals surface area contributed by atoms with Crippen LogP contribution in [-0.4, -0.2) is 23.5 Å². The van der Waals surface area contributed by atoms with Crippen LogP contribution in [0.15, 0.2) is 6.07 Å². The van der Waals surface area contributed by atoms with Crippen molar-refractivity contribution in [2.24, 2.45) is 5.92 Å². The molecule has 0 aromatic carbocycles. The predicted octanol–water partition coefficient (Wildman–Crippen LogP) is 3.63. The number of aryl methyl sites for hydroxylation is 2. The summed E-state index contributed by atoms with van der Waals surface area (Å²) < 4.78 is 0. The quantitative estimate of drug-likeness (QED) is 0.732. The topological polar surface area (TPSA) is 66.4 Å². The van der Waals surface area contributed by atoms with Crippen LogP contribution in [0.25, 0.3) is 0 Å². The Kier molecular flexibility index (Phi) is 7.43. The Morgan fingerprint density at radius 2 is 2.05 bits per heavy atom. The van der Waals surface area contributed by atoms with E-state index in [2.05, 4.69) is 19.2 Å². The Morgan fingerprint density at radius 3 is 2.57 bits per heavy atom. The van der Waals surface area contributed by atoms with Crippen LogP contribution < -0.4 is 5.32 Å². The lowest BCUT2D eigenvalue weighted by molar-refractivity contribution is -0.137. The molecule has 1 atom stereocenters. The summed E-state index contributed by atoms with van der Waals surface area (Å²) in [7, 11) is 0. The smallest absolute Gasteiger partial charge is 0.303 e. The molecule has 1 rings (SSSR count). The average molecular weight is 311 g/mol. The molecule has 118 valence electrons. The van der Waals surface area contributed by atoms with Gasteiger partial charge in [-0.05, 0) is 43.7 Å². The lowest BCUT2D eigenvalue weighted by Crippen LogP contribution is -2.25. The van der Waals surface area contributed by atoms with Gasteiger partial charge in [0, 0.05) is 17.8 Å². The van der Waals surface area contributed by atoms with E-state index in [4.69, 9.17) is 5.11 Å². The minimum absolute atomic E-state index is 0.0177. The van der Waals surface area contributed by atoms with Crippen LogP contribution in [0.4, 0.5) is 0 Å². The van der Waals surface area contributed by atoms with Gasteiger partial charge in [-0.25, -0.2) is 0 Å². The Morgan fingerprint density at radius 1 is 1.33 bits per heavy atom. The van der Waals surface area contributed by atoms with E-state index in [-0.39, 0.29) is 12.3 Å².